The molecular weight excluding hydrogens is 195 g/mol. The minimum Gasteiger partial charge on any atom is -0.368 e. The molecule has 15 heavy (non-hydrogen) atoms. The maximum absolute atomic E-state index is 13.5. The molecule has 0 radical (unpaired) electrons. The fourth-order valence-corrected chi connectivity index (χ4v) is 1.54. The Labute approximate surface area is 88.5 Å². The summed E-state index contributed by atoms with van der Waals surface area (Å²) in [7, 11) is 0. The number of carbonyl (C=O) groups is 1. The third-order valence-corrected chi connectivity index (χ3v) is 2.44. The summed E-state index contributed by atoms with van der Waals surface area (Å²) in [6.07, 6.45) is 0. The predicted molar refractivity (Wildman–Crippen MR) is 56.6 cm³/mol. The Kier molecular flexibility index (Phi) is 3.42. The van der Waals surface area contributed by atoms with Gasteiger partial charge in [0.05, 0.1) is 0 Å². The molecule has 0 bridgehead atoms. The molecule has 3 N–H and O–H groups in total. The Balaban J connectivity index is 3.21. The van der Waals surface area contributed by atoms with E-state index in [0.717, 1.165) is 0 Å². The Morgan fingerprint density at radius 1 is 1.53 bits per heavy atom. The quantitative estimate of drug-likeness (QED) is 0.782. The average molecular weight is 210 g/mol. The van der Waals surface area contributed by atoms with Crippen molar-refractivity contribution >= 4 is 5.91 Å². The van der Waals surface area contributed by atoms with E-state index in [4.69, 9.17) is 5.73 Å². The highest BCUT2D eigenvalue weighted by molar-refractivity contribution is 5.85. The topological polar surface area (TPSA) is 55.1 Å². The Hall–Kier alpha value is -1.42. The largest absolute Gasteiger partial charge is 0.368 e. The zero-order chi connectivity index (χ0) is 11.5. The molecule has 0 aliphatic carbocycles. The maximum atomic E-state index is 13.5. The molecule has 1 aromatic rings. The van der Waals surface area contributed by atoms with Gasteiger partial charge in [0, 0.05) is 5.56 Å². The van der Waals surface area contributed by atoms with E-state index in [1.165, 1.54) is 6.07 Å². The third kappa shape index (κ3) is 2.15. The lowest BCUT2D eigenvalue weighted by Gasteiger charge is -2.27. The molecule has 4 heteroatoms. The number of primary amides is 1. The van der Waals surface area contributed by atoms with Gasteiger partial charge < -0.3 is 11.1 Å². The fourth-order valence-electron chi connectivity index (χ4n) is 1.54. The molecule has 82 valence electrons. The summed E-state index contributed by atoms with van der Waals surface area (Å²) in [4.78, 5) is 11.4. The van der Waals surface area contributed by atoms with E-state index >= 15 is 0 Å². The molecule has 0 fully saturated rings. The van der Waals surface area contributed by atoms with E-state index in [1.54, 1.807) is 25.1 Å². The number of benzene rings is 1. The Morgan fingerprint density at radius 2 is 2.13 bits per heavy atom. The number of halogens is 1. The van der Waals surface area contributed by atoms with E-state index in [0.29, 0.717) is 6.54 Å². The van der Waals surface area contributed by atoms with Crippen LogP contribution in [0.25, 0.3) is 0 Å². The smallest absolute Gasteiger partial charge is 0.242 e. The second kappa shape index (κ2) is 4.40. The minimum atomic E-state index is -1.15. The highest BCUT2D eigenvalue weighted by atomic mass is 19.1. The lowest BCUT2D eigenvalue weighted by molar-refractivity contribution is -0.124. The standard InChI is InChI=1S/C11H15FN2O/c1-3-14-11(2,10(13)15)8-6-4-5-7-9(8)12/h4-7,14H,3H2,1-2H3,(H2,13,15). The first-order chi connectivity index (χ1) is 7.02. The number of hydrogen-bond donors (Lipinski definition) is 2. The lowest BCUT2D eigenvalue weighted by atomic mass is 9.90. The molecule has 0 saturated heterocycles. The van der Waals surface area contributed by atoms with Crippen molar-refractivity contribution in [2.24, 2.45) is 5.73 Å². The summed E-state index contributed by atoms with van der Waals surface area (Å²) in [6.45, 7) is 3.95. The van der Waals surface area contributed by atoms with Gasteiger partial charge in [0.1, 0.15) is 11.4 Å². The number of amides is 1. The molecule has 1 unspecified atom stereocenters. The van der Waals surface area contributed by atoms with Gasteiger partial charge in [0.15, 0.2) is 0 Å². The lowest BCUT2D eigenvalue weighted by Crippen LogP contribution is -2.50. The fraction of sp³-hybridized carbons (Fsp3) is 0.364. The first kappa shape index (κ1) is 11.7. The monoisotopic (exact) mass is 210 g/mol. The van der Waals surface area contributed by atoms with Gasteiger partial charge in [-0.05, 0) is 19.5 Å². The average Bonchev–Trinajstić information content (AvgIpc) is 2.18. The number of likely N-dealkylation sites (N-methyl/N-ethyl adjacent to an activating group) is 1. The van der Waals surface area contributed by atoms with Gasteiger partial charge in [-0.1, -0.05) is 25.1 Å². The van der Waals surface area contributed by atoms with Gasteiger partial charge in [0.25, 0.3) is 0 Å². The number of nitrogens with one attached hydrogen (secondary N) is 1. The highest BCUT2D eigenvalue weighted by Gasteiger charge is 2.34. The minimum absolute atomic E-state index is 0.277. The Morgan fingerprint density at radius 3 is 2.60 bits per heavy atom. The van der Waals surface area contributed by atoms with Crippen molar-refractivity contribution in [3.05, 3.63) is 35.6 Å². The van der Waals surface area contributed by atoms with Crippen LogP contribution in [0.1, 0.15) is 19.4 Å². The molecule has 0 spiro atoms. The summed E-state index contributed by atoms with van der Waals surface area (Å²) in [5.74, 6) is -1.02. The van der Waals surface area contributed by atoms with Crippen molar-refractivity contribution in [3.8, 4) is 0 Å². The first-order valence-electron chi connectivity index (χ1n) is 4.82. The molecule has 0 aromatic heterocycles. The summed E-state index contributed by atoms with van der Waals surface area (Å²) in [6, 6.07) is 6.12. The van der Waals surface area contributed by atoms with Crippen LogP contribution in [0.4, 0.5) is 4.39 Å². The number of carbonyl (C=O) groups excluding carboxylic acids is 1. The summed E-state index contributed by atoms with van der Waals surface area (Å²) in [5, 5.41) is 2.90. The zero-order valence-electron chi connectivity index (χ0n) is 8.88. The van der Waals surface area contributed by atoms with Gasteiger partial charge >= 0.3 is 0 Å². The molecule has 1 amide bonds. The van der Waals surface area contributed by atoms with E-state index in [-0.39, 0.29) is 5.56 Å². The first-order valence-corrected chi connectivity index (χ1v) is 4.82. The van der Waals surface area contributed by atoms with Crippen LogP contribution in [-0.2, 0) is 10.3 Å². The molecule has 0 aliphatic rings. The van der Waals surface area contributed by atoms with Crippen molar-refractivity contribution in [1.29, 1.82) is 0 Å². The van der Waals surface area contributed by atoms with Gasteiger partial charge in [-0.15, -0.1) is 0 Å². The molecule has 1 aromatic carbocycles. The molecule has 0 aliphatic heterocycles. The summed E-state index contributed by atoms with van der Waals surface area (Å²) < 4.78 is 13.5. The number of rotatable bonds is 4. The normalized spacial score (nSPS) is 14.6. The molecule has 3 nitrogen and oxygen atoms in total. The van der Waals surface area contributed by atoms with E-state index in [2.05, 4.69) is 5.32 Å². The molecule has 1 atom stereocenters. The van der Waals surface area contributed by atoms with Crippen LogP contribution in [0, 0.1) is 5.82 Å². The SMILES string of the molecule is CCNC(C)(C(N)=O)c1ccccc1F. The number of nitrogens with two attached hydrogens (primary N) is 1. The van der Waals surface area contributed by atoms with Crippen molar-refractivity contribution in [2.75, 3.05) is 6.54 Å². The van der Waals surface area contributed by atoms with Crippen LogP contribution in [0.3, 0.4) is 0 Å². The predicted octanol–water partition coefficient (Wildman–Crippen LogP) is 1.14. The van der Waals surface area contributed by atoms with Gasteiger partial charge in [-0.2, -0.15) is 0 Å². The van der Waals surface area contributed by atoms with Crippen molar-refractivity contribution in [3.63, 3.8) is 0 Å². The van der Waals surface area contributed by atoms with Crippen LogP contribution in [0.5, 0.6) is 0 Å². The summed E-state index contributed by atoms with van der Waals surface area (Å²) in [5.41, 5.74) is 4.41. The third-order valence-electron chi connectivity index (χ3n) is 2.44. The molecule has 0 heterocycles. The van der Waals surface area contributed by atoms with Crippen LogP contribution in [0.2, 0.25) is 0 Å². The second-order valence-corrected chi connectivity index (χ2v) is 3.50. The molecule has 0 saturated carbocycles. The van der Waals surface area contributed by atoms with Crippen LogP contribution >= 0.6 is 0 Å². The van der Waals surface area contributed by atoms with Crippen molar-refractivity contribution < 1.29 is 9.18 Å². The number of hydrogen-bond acceptors (Lipinski definition) is 2. The van der Waals surface area contributed by atoms with Gasteiger partial charge in [0.2, 0.25) is 5.91 Å². The molecule has 1 rings (SSSR count). The second-order valence-electron chi connectivity index (χ2n) is 3.50. The highest BCUT2D eigenvalue weighted by Crippen LogP contribution is 2.22. The van der Waals surface area contributed by atoms with Crippen LogP contribution < -0.4 is 11.1 Å². The van der Waals surface area contributed by atoms with Gasteiger partial charge in [-0.3, -0.25) is 4.79 Å². The van der Waals surface area contributed by atoms with E-state index < -0.39 is 17.3 Å². The molecular formula is C11H15FN2O. The van der Waals surface area contributed by atoms with Crippen molar-refractivity contribution in [2.45, 2.75) is 19.4 Å². The van der Waals surface area contributed by atoms with Crippen molar-refractivity contribution in [1.82, 2.24) is 5.32 Å². The Bertz CT molecular complexity index is 367. The van der Waals surface area contributed by atoms with Crippen LogP contribution in [0.15, 0.2) is 24.3 Å². The van der Waals surface area contributed by atoms with Crippen LogP contribution in [-0.4, -0.2) is 12.5 Å². The summed E-state index contributed by atoms with van der Waals surface area (Å²) >= 11 is 0. The maximum Gasteiger partial charge on any atom is 0.242 e. The van der Waals surface area contributed by atoms with E-state index in [1.807, 2.05) is 6.92 Å². The van der Waals surface area contributed by atoms with E-state index in [9.17, 15) is 9.18 Å². The van der Waals surface area contributed by atoms with Gasteiger partial charge in [-0.25, -0.2) is 4.39 Å². The zero-order valence-corrected chi connectivity index (χ0v) is 8.88.